The molecule has 3 unspecified atom stereocenters. The number of hydrogen-bond acceptors (Lipinski definition) is 2. The average molecular weight is 480 g/mol. The molecule has 0 aliphatic heterocycles. The standard InChI is InChI=1S/C15H14F10O2.Cu/c1-13(2,3)12(27)6(15(23,24)25)11(26)4-7(16)9(18)5(14(20,21)22)10(19)8(4)17;/h6,11-12,26-27H,1-3H3;. The molecule has 0 aliphatic rings. The number of halogens is 10. The van der Waals surface area contributed by atoms with Crippen LogP contribution in [-0.4, -0.2) is 22.5 Å². The van der Waals surface area contributed by atoms with Crippen molar-refractivity contribution in [2.75, 3.05) is 0 Å². The molecule has 167 valence electrons. The molecule has 2 N–H and O–H groups in total. The smallest absolute Gasteiger partial charge is 0.392 e. The number of benzene rings is 1. The van der Waals surface area contributed by atoms with Crippen molar-refractivity contribution in [1.82, 2.24) is 0 Å². The van der Waals surface area contributed by atoms with Gasteiger partial charge in [-0.25, -0.2) is 17.6 Å². The fourth-order valence-corrected chi connectivity index (χ4v) is 2.41. The molecule has 2 nitrogen and oxygen atoms in total. The van der Waals surface area contributed by atoms with Crippen molar-refractivity contribution in [3.05, 3.63) is 34.4 Å². The Morgan fingerprint density at radius 2 is 1.07 bits per heavy atom. The molecule has 1 aromatic rings. The predicted octanol–water partition coefficient (Wildman–Crippen LogP) is 4.88. The summed E-state index contributed by atoms with van der Waals surface area (Å²) < 4.78 is 132. The summed E-state index contributed by atoms with van der Waals surface area (Å²) in [6.07, 6.45) is -17.4. The third-order valence-electron chi connectivity index (χ3n) is 3.82. The first-order chi connectivity index (χ1) is 11.8. The topological polar surface area (TPSA) is 40.5 Å². The molecule has 0 heterocycles. The zero-order valence-electron chi connectivity index (χ0n) is 14.2. The van der Waals surface area contributed by atoms with Gasteiger partial charge in [0, 0.05) is 17.1 Å². The van der Waals surface area contributed by atoms with Gasteiger partial charge < -0.3 is 10.2 Å². The molecule has 0 saturated carbocycles. The largest absolute Gasteiger partial charge is 0.422 e. The molecular formula is C15H14CuF10O2. The summed E-state index contributed by atoms with van der Waals surface area (Å²) in [7, 11) is 0. The van der Waals surface area contributed by atoms with Crippen molar-refractivity contribution in [2.24, 2.45) is 11.3 Å². The van der Waals surface area contributed by atoms with E-state index in [0.29, 0.717) is 0 Å². The molecule has 0 bridgehead atoms. The van der Waals surface area contributed by atoms with Crippen LogP contribution in [0.15, 0.2) is 0 Å². The Labute approximate surface area is 163 Å². The van der Waals surface area contributed by atoms with E-state index in [4.69, 9.17) is 0 Å². The Kier molecular flexibility index (Phi) is 8.06. The summed E-state index contributed by atoms with van der Waals surface area (Å²) in [4.78, 5) is 0. The van der Waals surface area contributed by atoms with E-state index < -0.39 is 70.3 Å². The van der Waals surface area contributed by atoms with Crippen LogP contribution in [0.3, 0.4) is 0 Å². The maximum absolute atomic E-state index is 13.9. The van der Waals surface area contributed by atoms with Gasteiger partial charge in [-0.05, 0) is 5.41 Å². The minimum Gasteiger partial charge on any atom is -0.392 e. The van der Waals surface area contributed by atoms with Crippen molar-refractivity contribution in [3.63, 3.8) is 0 Å². The number of aliphatic hydroxyl groups is 2. The van der Waals surface area contributed by atoms with Gasteiger partial charge in [0.1, 0.15) is 11.5 Å². The van der Waals surface area contributed by atoms with Crippen LogP contribution in [0.5, 0.6) is 0 Å². The summed E-state index contributed by atoms with van der Waals surface area (Å²) in [5, 5.41) is 19.6. The van der Waals surface area contributed by atoms with E-state index in [1.807, 2.05) is 0 Å². The van der Waals surface area contributed by atoms with E-state index in [1.54, 1.807) is 0 Å². The van der Waals surface area contributed by atoms with Crippen molar-refractivity contribution < 1.29 is 71.2 Å². The molecule has 1 aromatic carbocycles. The zero-order chi connectivity index (χ0) is 21.7. The first kappa shape index (κ1) is 27.0. The molecule has 0 spiro atoms. The molecule has 0 aliphatic carbocycles. The second-order valence-electron chi connectivity index (χ2n) is 6.87. The van der Waals surface area contributed by atoms with Crippen LogP contribution in [0.25, 0.3) is 0 Å². The Hall–Kier alpha value is -1.04. The summed E-state index contributed by atoms with van der Waals surface area (Å²) in [6, 6.07) is 0. The van der Waals surface area contributed by atoms with E-state index in [0.717, 1.165) is 20.8 Å². The summed E-state index contributed by atoms with van der Waals surface area (Å²) in [5.74, 6) is -15.1. The first-order valence-corrected chi connectivity index (χ1v) is 7.19. The molecule has 1 radical (unpaired) electrons. The van der Waals surface area contributed by atoms with Crippen LogP contribution in [0.2, 0.25) is 0 Å². The van der Waals surface area contributed by atoms with Gasteiger partial charge in [-0.2, -0.15) is 26.3 Å². The van der Waals surface area contributed by atoms with E-state index in [9.17, 15) is 54.1 Å². The zero-order valence-corrected chi connectivity index (χ0v) is 15.1. The van der Waals surface area contributed by atoms with E-state index in [1.165, 1.54) is 0 Å². The number of alkyl halides is 6. The molecular weight excluding hydrogens is 466 g/mol. The first-order valence-electron chi connectivity index (χ1n) is 7.19. The molecule has 0 aromatic heterocycles. The summed E-state index contributed by atoms with van der Waals surface area (Å²) >= 11 is 0. The fraction of sp³-hybridized carbons (Fsp3) is 0.600. The van der Waals surface area contributed by atoms with Crippen molar-refractivity contribution in [1.29, 1.82) is 0 Å². The van der Waals surface area contributed by atoms with E-state index >= 15 is 0 Å². The number of aliphatic hydroxyl groups excluding tert-OH is 2. The van der Waals surface area contributed by atoms with Crippen LogP contribution < -0.4 is 0 Å². The van der Waals surface area contributed by atoms with E-state index in [-0.39, 0.29) is 17.1 Å². The Bertz CT molecular complexity index is 680. The molecule has 13 heteroatoms. The fourth-order valence-electron chi connectivity index (χ4n) is 2.41. The Balaban J connectivity index is 0.00000729. The average Bonchev–Trinajstić information content (AvgIpc) is 2.41. The van der Waals surface area contributed by atoms with Crippen LogP contribution in [-0.2, 0) is 23.2 Å². The second-order valence-corrected chi connectivity index (χ2v) is 6.87. The second kappa shape index (κ2) is 8.37. The van der Waals surface area contributed by atoms with Crippen LogP contribution in [0.1, 0.15) is 38.0 Å². The van der Waals surface area contributed by atoms with Crippen molar-refractivity contribution in [3.8, 4) is 0 Å². The van der Waals surface area contributed by atoms with Gasteiger partial charge in [-0.15, -0.1) is 0 Å². The van der Waals surface area contributed by atoms with Crippen molar-refractivity contribution in [2.45, 2.75) is 45.3 Å². The van der Waals surface area contributed by atoms with Crippen LogP contribution in [0, 0.1) is 34.6 Å². The van der Waals surface area contributed by atoms with Gasteiger partial charge >= 0.3 is 12.4 Å². The maximum atomic E-state index is 13.9. The number of hydrogen-bond donors (Lipinski definition) is 2. The maximum Gasteiger partial charge on any atom is 0.422 e. The number of rotatable bonds is 3. The van der Waals surface area contributed by atoms with Gasteiger partial charge in [-0.3, -0.25) is 0 Å². The summed E-state index contributed by atoms with van der Waals surface area (Å²) in [5.41, 5.74) is -6.92. The molecule has 28 heavy (non-hydrogen) atoms. The molecule has 0 fully saturated rings. The minimum atomic E-state index is -5.90. The Morgan fingerprint density at radius 1 is 0.714 bits per heavy atom. The van der Waals surface area contributed by atoms with Crippen LogP contribution in [0.4, 0.5) is 43.9 Å². The normalized spacial score (nSPS) is 16.4. The monoisotopic (exact) mass is 479 g/mol. The van der Waals surface area contributed by atoms with Crippen LogP contribution >= 0.6 is 0 Å². The molecule has 1 rings (SSSR count). The van der Waals surface area contributed by atoms with Gasteiger partial charge in [0.25, 0.3) is 0 Å². The minimum absolute atomic E-state index is 0. The van der Waals surface area contributed by atoms with Gasteiger partial charge in [0.05, 0.1) is 17.8 Å². The predicted molar refractivity (Wildman–Crippen MR) is 71.2 cm³/mol. The molecule has 0 amide bonds. The Morgan fingerprint density at radius 3 is 1.32 bits per heavy atom. The molecule has 0 saturated heterocycles. The molecule has 3 atom stereocenters. The summed E-state index contributed by atoms with van der Waals surface area (Å²) in [6.45, 7) is 3.18. The van der Waals surface area contributed by atoms with Gasteiger partial charge in [0.15, 0.2) is 23.3 Å². The van der Waals surface area contributed by atoms with Crippen molar-refractivity contribution >= 4 is 0 Å². The van der Waals surface area contributed by atoms with E-state index in [2.05, 4.69) is 0 Å². The third-order valence-corrected chi connectivity index (χ3v) is 3.82. The quantitative estimate of drug-likeness (QED) is 0.369. The third kappa shape index (κ3) is 5.11. The van der Waals surface area contributed by atoms with Gasteiger partial charge in [0.2, 0.25) is 0 Å². The SMILES string of the molecule is CC(C)(C)C(O)C(C(O)c1c(F)c(F)c(C(F)(F)F)c(F)c1F)C(F)(F)F.[Cu]. The van der Waals surface area contributed by atoms with Gasteiger partial charge in [-0.1, -0.05) is 20.8 Å².